The Bertz CT molecular complexity index is 916. The van der Waals surface area contributed by atoms with E-state index in [1.807, 2.05) is 18.4 Å². The van der Waals surface area contributed by atoms with E-state index in [2.05, 4.69) is 33.9 Å². The van der Waals surface area contributed by atoms with Gasteiger partial charge in [-0.15, -0.1) is 0 Å². The number of hydrogen-bond acceptors (Lipinski definition) is 5. The SMILES string of the molecule is CC1C=CN/C1=N/C=C\CN/C=C1\C(=N)NC(=O)c2ccc(C#N)cc21. The van der Waals surface area contributed by atoms with Crippen molar-refractivity contribution < 1.29 is 4.79 Å². The van der Waals surface area contributed by atoms with Crippen LogP contribution in [0, 0.1) is 22.7 Å². The Morgan fingerprint density at radius 2 is 2.27 bits per heavy atom. The fraction of sp³-hybridized carbons (Fsp3) is 0.158. The normalized spacial score (nSPS) is 21.6. The van der Waals surface area contributed by atoms with Crippen LogP contribution >= 0.6 is 0 Å². The van der Waals surface area contributed by atoms with E-state index in [1.165, 1.54) is 0 Å². The second-order valence-electron chi connectivity index (χ2n) is 5.86. The number of carbonyl (C=O) groups is 1. The molecule has 0 radical (unpaired) electrons. The summed E-state index contributed by atoms with van der Waals surface area (Å²) in [6.45, 7) is 2.57. The average molecular weight is 346 g/mol. The smallest absolute Gasteiger partial charge is 0.257 e. The van der Waals surface area contributed by atoms with Gasteiger partial charge in [-0.3, -0.25) is 10.2 Å². The molecular weight excluding hydrogens is 328 g/mol. The van der Waals surface area contributed by atoms with Crippen molar-refractivity contribution in [2.24, 2.45) is 10.9 Å². The second kappa shape index (κ2) is 7.49. The minimum atomic E-state index is -0.339. The molecule has 4 N–H and O–H groups in total. The summed E-state index contributed by atoms with van der Waals surface area (Å²) in [4.78, 5) is 16.3. The second-order valence-corrected chi connectivity index (χ2v) is 5.86. The molecule has 2 aliphatic heterocycles. The van der Waals surface area contributed by atoms with Crippen molar-refractivity contribution in [1.82, 2.24) is 16.0 Å². The van der Waals surface area contributed by atoms with Gasteiger partial charge in [0.05, 0.1) is 11.6 Å². The summed E-state index contributed by atoms with van der Waals surface area (Å²) in [5.74, 6) is 0.847. The maximum atomic E-state index is 12.0. The average Bonchev–Trinajstić information content (AvgIpc) is 3.04. The molecule has 7 heteroatoms. The van der Waals surface area contributed by atoms with Crippen molar-refractivity contribution in [3.63, 3.8) is 0 Å². The Hall–Kier alpha value is -3.66. The largest absolute Gasteiger partial charge is 0.387 e. The highest BCUT2D eigenvalue weighted by Crippen LogP contribution is 2.24. The third-order valence-electron chi connectivity index (χ3n) is 4.04. The zero-order valence-electron chi connectivity index (χ0n) is 14.2. The number of rotatable bonds is 4. The van der Waals surface area contributed by atoms with Crippen LogP contribution in [0.4, 0.5) is 0 Å². The molecule has 2 heterocycles. The molecule has 1 amide bonds. The monoisotopic (exact) mass is 346 g/mol. The Kier molecular flexibility index (Phi) is 4.94. The van der Waals surface area contributed by atoms with Crippen molar-refractivity contribution >= 4 is 23.2 Å². The van der Waals surface area contributed by atoms with Crippen molar-refractivity contribution in [2.45, 2.75) is 6.92 Å². The van der Waals surface area contributed by atoms with Gasteiger partial charge in [0, 0.05) is 41.6 Å². The number of amides is 1. The zero-order chi connectivity index (χ0) is 18.5. The predicted octanol–water partition coefficient (Wildman–Crippen LogP) is 1.87. The number of aliphatic imine (C=N–C) groups is 1. The van der Waals surface area contributed by atoms with E-state index in [-0.39, 0.29) is 17.7 Å². The summed E-state index contributed by atoms with van der Waals surface area (Å²) in [7, 11) is 0. The number of nitrogens with one attached hydrogen (secondary N) is 4. The summed E-state index contributed by atoms with van der Waals surface area (Å²) >= 11 is 0. The molecule has 26 heavy (non-hydrogen) atoms. The number of fused-ring (bicyclic) bond motifs is 1. The lowest BCUT2D eigenvalue weighted by Crippen LogP contribution is -2.36. The summed E-state index contributed by atoms with van der Waals surface area (Å²) in [5, 5.41) is 25.8. The van der Waals surface area contributed by atoms with Gasteiger partial charge in [0.15, 0.2) is 0 Å². The fourth-order valence-electron chi connectivity index (χ4n) is 2.64. The van der Waals surface area contributed by atoms with Crippen LogP contribution in [0.1, 0.15) is 28.4 Å². The molecule has 0 saturated carbocycles. The zero-order valence-corrected chi connectivity index (χ0v) is 14.2. The summed E-state index contributed by atoms with van der Waals surface area (Å²) in [5.41, 5.74) is 2.00. The molecule has 7 nitrogen and oxygen atoms in total. The van der Waals surface area contributed by atoms with Gasteiger partial charge in [0.2, 0.25) is 0 Å². The van der Waals surface area contributed by atoms with Gasteiger partial charge in [-0.1, -0.05) is 13.0 Å². The molecule has 3 rings (SSSR count). The van der Waals surface area contributed by atoms with E-state index in [1.54, 1.807) is 30.6 Å². The van der Waals surface area contributed by atoms with Gasteiger partial charge in [-0.25, -0.2) is 4.99 Å². The van der Waals surface area contributed by atoms with Crippen LogP contribution in [0.3, 0.4) is 0 Å². The molecule has 0 bridgehead atoms. The van der Waals surface area contributed by atoms with E-state index in [9.17, 15) is 4.79 Å². The fourth-order valence-corrected chi connectivity index (χ4v) is 2.64. The van der Waals surface area contributed by atoms with Gasteiger partial charge < -0.3 is 16.0 Å². The molecule has 0 spiro atoms. The lowest BCUT2D eigenvalue weighted by Gasteiger charge is -2.20. The van der Waals surface area contributed by atoms with Crippen LogP contribution in [0.2, 0.25) is 0 Å². The highest BCUT2D eigenvalue weighted by atomic mass is 16.1. The maximum absolute atomic E-state index is 12.0. The number of benzene rings is 1. The minimum absolute atomic E-state index is 0.00404. The highest BCUT2D eigenvalue weighted by Gasteiger charge is 2.24. The molecule has 1 aromatic carbocycles. The first-order chi connectivity index (χ1) is 12.6. The van der Waals surface area contributed by atoms with Crippen LogP contribution in [0.25, 0.3) is 5.57 Å². The van der Waals surface area contributed by atoms with Crippen molar-refractivity contribution in [3.05, 3.63) is 65.6 Å². The molecule has 0 saturated heterocycles. The van der Waals surface area contributed by atoms with E-state index in [0.29, 0.717) is 28.8 Å². The van der Waals surface area contributed by atoms with Crippen LogP contribution in [-0.4, -0.2) is 24.1 Å². The van der Waals surface area contributed by atoms with Crippen molar-refractivity contribution in [1.29, 1.82) is 10.7 Å². The van der Waals surface area contributed by atoms with Gasteiger partial charge in [-0.05, 0) is 30.5 Å². The topological polar surface area (TPSA) is 113 Å². The lowest BCUT2D eigenvalue weighted by molar-refractivity contribution is 0.0975. The predicted molar refractivity (Wildman–Crippen MR) is 100 cm³/mol. The standard InChI is InChI=1S/C19H18N6O/c1-12-5-8-24-18(12)23-7-2-6-22-11-16-15-9-13(10-20)3-4-14(15)19(26)25-17(16)21/h2-5,7-9,11-12,22H,6H2,1H3,(H,23,24)(H2,21,25,26)/b7-2-,16-11-. The first-order valence-electron chi connectivity index (χ1n) is 8.14. The summed E-state index contributed by atoms with van der Waals surface area (Å²) < 4.78 is 0. The summed E-state index contributed by atoms with van der Waals surface area (Å²) in [6.07, 6.45) is 9.14. The third kappa shape index (κ3) is 3.54. The minimum Gasteiger partial charge on any atom is -0.387 e. The van der Waals surface area contributed by atoms with Crippen LogP contribution in [-0.2, 0) is 0 Å². The molecule has 0 fully saturated rings. The van der Waals surface area contributed by atoms with E-state index in [4.69, 9.17) is 10.7 Å². The van der Waals surface area contributed by atoms with Gasteiger partial charge in [-0.2, -0.15) is 5.26 Å². The molecule has 0 aromatic heterocycles. The number of nitriles is 1. The van der Waals surface area contributed by atoms with E-state index in [0.717, 1.165) is 5.84 Å². The molecule has 1 aromatic rings. The number of nitrogens with zero attached hydrogens (tertiary/aromatic N) is 2. The van der Waals surface area contributed by atoms with Crippen LogP contribution < -0.4 is 16.0 Å². The van der Waals surface area contributed by atoms with Gasteiger partial charge >= 0.3 is 0 Å². The first-order valence-corrected chi connectivity index (χ1v) is 8.14. The lowest BCUT2D eigenvalue weighted by atomic mass is 9.93. The first kappa shape index (κ1) is 17.2. The molecular formula is C19H18N6O. The van der Waals surface area contributed by atoms with Crippen molar-refractivity contribution in [2.75, 3.05) is 6.54 Å². The molecule has 0 aliphatic carbocycles. The van der Waals surface area contributed by atoms with E-state index >= 15 is 0 Å². The Labute approximate surface area is 151 Å². The highest BCUT2D eigenvalue weighted by molar-refractivity contribution is 6.32. The maximum Gasteiger partial charge on any atom is 0.257 e. The number of hydrogen-bond donors (Lipinski definition) is 4. The quantitative estimate of drug-likeness (QED) is 0.623. The van der Waals surface area contributed by atoms with Crippen LogP contribution in [0.5, 0.6) is 0 Å². The number of carbonyl (C=O) groups excluding carboxylic acids is 1. The molecule has 1 atom stereocenters. The molecule has 2 aliphatic rings. The molecule has 1 unspecified atom stereocenters. The Morgan fingerprint density at radius 3 is 3.00 bits per heavy atom. The number of amidine groups is 2. The summed E-state index contributed by atoms with van der Waals surface area (Å²) in [6, 6.07) is 6.87. The third-order valence-corrected chi connectivity index (χ3v) is 4.04. The van der Waals surface area contributed by atoms with E-state index < -0.39 is 0 Å². The van der Waals surface area contributed by atoms with Crippen LogP contribution in [0.15, 0.2) is 53.9 Å². The Balaban J connectivity index is 1.70. The Morgan fingerprint density at radius 1 is 1.42 bits per heavy atom. The van der Waals surface area contributed by atoms with Gasteiger partial charge in [0.1, 0.15) is 11.7 Å². The van der Waals surface area contributed by atoms with Crippen molar-refractivity contribution in [3.8, 4) is 6.07 Å². The van der Waals surface area contributed by atoms with Gasteiger partial charge in [0.25, 0.3) is 5.91 Å². The molecule has 130 valence electrons.